The molecule has 0 aliphatic carbocycles. The summed E-state index contributed by atoms with van der Waals surface area (Å²) in [6.07, 6.45) is 0. The van der Waals surface area contributed by atoms with Gasteiger partial charge in [-0.15, -0.1) is 11.3 Å². The van der Waals surface area contributed by atoms with Crippen molar-refractivity contribution in [1.82, 2.24) is 4.98 Å². The highest BCUT2D eigenvalue weighted by atomic mass is 32.1. The lowest BCUT2D eigenvalue weighted by molar-refractivity contribution is 0.766. The second-order valence-electron chi connectivity index (χ2n) is 4.77. The third kappa shape index (κ3) is 2.39. The van der Waals surface area contributed by atoms with E-state index in [0.29, 0.717) is 12.5 Å². The lowest BCUT2D eigenvalue weighted by Crippen LogP contribution is -2.08. The molecule has 3 rings (SSSR count). The van der Waals surface area contributed by atoms with Crippen LogP contribution in [0.3, 0.4) is 0 Å². The summed E-state index contributed by atoms with van der Waals surface area (Å²) in [4.78, 5) is 4.70. The van der Waals surface area contributed by atoms with Gasteiger partial charge in [0.2, 0.25) is 0 Å². The Morgan fingerprint density at radius 2 is 1.95 bits per heavy atom. The molecule has 2 nitrogen and oxygen atoms in total. The van der Waals surface area contributed by atoms with Crippen LogP contribution in [0.4, 0.5) is 0 Å². The zero-order valence-corrected chi connectivity index (χ0v) is 11.7. The van der Waals surface area contributed by atoms with E-state index in [1.807, 2.05) is 0 Å². The van der Waals surface area contributed by atoms with Crippen molar-refractivity contribution in [2.24, 2.45) is 5.73 Å². The molecule has 0 spiro atoms. The third-order valence-corrected chi connectivity index (χ3v) is 4.42. The molecule has 0 amide bonds. The number of benzene rings is 2. The van der Waals surface area contributed by atoms with Gasteiger partial charge >= 0.3 is 0 Å². The van der Waals surface area contributed by atoms with Gasteiger partial charge in [-0.3, -0.25) is 0 Å². The van der Waals surface area contributed by atoms with E-state index in [9.17, 15) is 0 Å². The summed E-state index contributed by atoms with van der Waals surface area (Å²) in [6, 6.07) is 14.9. The summed E-state index contributed by atoms with van der Waals surface area (Å²) in [7, 11) is 0. The van der Waals surface area contributed by atoms with Crippen molar-refractivity contribution < 1.29 is 0 Å². The minimum Gasteiger partial charge on any atom is -0.330 e. The largest absolute Gasteiger partial charge is 0.330 e. The Hall–Kier alpha value is -1.71. The Balaban J connectivity index is 2.01. The molecule has 0 saturated carbocycles. The Labute approximate surface area is 116 Å². The summed E-state index contributed by atoms with van der Waals surface area (Å²) in [5.74, 6) is 0.333. The average Bonchev–Trinajstić information content (AvgIpc) is 2.95. The molecule has 0 fully saturated rings. The smallest absolute Gasteiger partial charge is 0.0973 e. The van der Waals surface area contributed by atoms with Gasteiger partial charge in [-0.1, -0.05) is 43.3 Å². The Bertz CT molecular complexity index is 703. The van der Waals surface area contributed by atoms with E-state index in [4.69, 9.17) is 10.7 Å². The fraction of sp³-hybridized carbons (Fsp3) is 0.188. The van der Waals surface area contributed by atoms with E-state index in [1.54, 1.807) is 11.3 Å². The maximum atomic E-state index is 5.69. The van der Waals surface area contributed by atoms with Crippen LogP contribution >= 0.6 is 11.3 Å². The third-order valence-electron chi connectivity index (χ3n) is 3.34. The first-order chi connectivity index (χ1) is 9.28. The number of fused-ring (bicyclic) bond motifs is 1. The lowest BCUT2D eigenvalue weighted by atomic mass is 10.1. The summed E-state index contributed by atoms with van der Waals surface area (Å²) in [5, 5.41) is 5.75. The molecule has 0 aliphatic heterocycles. The second-order valence-corrected chi connectivity index (χ2v) is 5.66. The molecule has 2 aromatic carbocycles. The molecule has 3 heteroatoms. The molecule has 96 valence electrons. The number of nitrogens with two attached hydrogens (primary N) is 1. The SMILES string of the molecule is CC(CN)c1nc(-c2ccc3ccccc3c2)cs1. The molecule has 3 aromatic rings. The first-order valence-corrected chi connectivity index (χ1v) is 7.30. The van der Waals surface area contributed by atoms with Gasteiger partial charge in [0.25, 0.3) is 0 Å². The van der Waals surface area contributed by atoms with Crippen molar-refractivity contribution in [2.75, 3.05) is 6.54 Å². The van der Waals surface area contributed by atoms with Crippen LogP contribution < -0.4 is 5.73 Å². The van der Waals surface area contributed by atoms with E-state index >= 15 is 0 Å². The van der Waals surface area contributed by atoms with E-state index in [-0.39, 0.29) is 0 Å². The Morgan fingerprint density at radius 3 is 2.74 bits per heavy atom. The van der Waals surface area contributed by atoms with E-state index in [2.05, 4.69) is 54.8 Å². The van der Waals surface area contributed by atoms with Gasteiger partial charge in [0.05, 0.1) is 10.7 Å². The van der Waals surface area contributed by atoms with Gasteiger partial charge < -0.3 is 5.73 Å². The average molecular weight is 268 g/mol. The highest BCUT2D eigenvalue weighted by molar-refractivity contribution is 7.10. The summed E-state index contributed by atoms with van der Waals surface area (Å²) in [6.45, 7) is 2.76. The highest BCUT2D eigenvalue weighted by Crippen LogP contribution is 2.28. The van der Waals surface area contributed by atoms with Gasteiger partial charge in [0.15, 0.2) is 0 Å². The summed E-state index contributed by atoms with van der Waals surface area (Å²) < 4.78 is 0. The van der Waals surface area contributed by atoms with E-state index < -0.39 is 0 Å². The minimum atomic E-state index is 0.333. The monoisotopic (exact) mass is 268 g/mol. The van der Waals surface area contributed by atoms with Gasteiger partial charge in [-0.05, 0) is 16.8 Å². The van der Waals surface area contributed by atoms with Crippen LogP contribution in [0, 0.1) is 0 Å². The van der Waals surface area contributed by atoms with Crippen molar-refractivity contribution in [3.8, 4) is 11.3 Å². The van der Waals surface area contributed by atoms with Gasteiger partial charge in [-0.2, -0.15) is 0 Å². The van der Waals surface area contributed by atoms with Crippen LogP contribution in [-0.4, -0.2) is 11.5 Å². The molecule has 1 atom stereocenters. The Morgan fingerprint density at radius 1 is 1.16 bits per heavy atom. The zero-order valence-electron chi connectivity index (χ0n) is 10.8. The quantitative estimate of drug-likeness (QED) is 0.779. The number of thiazole rings is 1. The molecule has 1 aromatic heterocycles. The van der Waals surface area contributed by atoms with Crippen LogP contribution in [0.5, 0.6) is 0 Å². The van der Waals surface area contributed by atoms with Crippen LogP contribution in [0.2, 0.25) is 0 Å². The standard InChI is InChI=1S/C16H16N2S/c1-11(9-17)16-18-15(10-19-16)14-7-6-12-4-2-3-5-13(12)8-14/h2-8,10-11H,9,17H2,1H3. The van der Waals surface area contributed by atoms with Crippen LogP contribution in [0.25, 0.3) is 22.0 Å². The van der Waals surface area contributed by atoms with E-state index in [1.165, 1.54) is 16.3 Å². The first-order valence-electron chi connectivity index (χ1n) is 6.42. The maximum absolute atomic E-state index is 5.69. The maximum Gasteiger partial charge on any atom is 0.0973 e. The second kappa shape index (κ2) is 5.11. The van der Waals surface area contributed by atoms with Gasteiger partial charge in [0, 0.05) is 23.4 Å². The van der Waals surface area contributed by atoms with Crippen LogP contribution in [0.15, 0.2) is 47.8 Å². The number of hydrogen-bond donors (Lipinski definition) is 1. The van der Waals surface area contributed by atoms with E-state index in [0.717, 1.165) is 10.7 Å². The molecule has 0 bridgehead atoms. The predicted octanol–water partition coefficient (Wildman–Crippen LogP) is 4.03. The van der Waals surface area contributed by atoms with Crippen molar-refractivity contribution >= 4 is 22.1 Å². The fourth-order valence-electron chi connectivity index (χ4n) is 2.10. The summed E-state index contributed by atoms with van der Waals surface area (Å²) >= 11 is 1.69. The van der Waals surface area contributed by atoms with Crippen LogP contribution in [0.1, 0.15) is 17.8 Å². The van der Waals surface area contributed by atoms with Crippen molar-refractivity contribution in [3.05, 3.63) is 52.9 Å². The topological polar surface area (TPSA) is 38.9 Å². The fourth-order valence-corrected chi connectivity index (χ4v) is 3.00. The van der Waals surface area contributed by atoms with Gasteiger partial charge in [-0.25, -0.2) is 4.98 Å². The molecule has 1 heterocycles. The lowest BCUT2D eigenvalue weighted by Gasteiger charge is -2.03. The van der Waals surface area contributed by atoms with Crippen LogP contribution in [-0.2, 0) is 0 Å². The molecular formula is C16H16N2S. The molecule has 0 aliphatic rings. The molecule has 0 radical (unpaired) electrons. The number of nitrogens with zero attached hydrogens (tertiary/aromatic N) is 1. The number of aromatic nitrogens is 1. The highest BCUT2D eigenvalue weighted by Gasteiger charge is 2.10. The molecule has 0 saturated heterocycles. The summed E-state index contributed by atoms with van der Waals surface area (Å²) in [5.41, 5.74) is 7.91. The minimum absolute atomic E-state index is 0.333. The van der Waals surface area contributed by atoms with Crippen molar-refractivity contribution in [1.29, 1.82) is 0 Å². The zero-order chi connectivity index (χ0) is 13.2. The molecule has 2 N–H and O–H groups in total. The predicted molar refractivity (Wildman–Crippen MR) is 82.5 cm³/mol. The Kier molecular flexibility index (Phi) is 3.32. The molecule has 1 unspecified atom stereocenters. The van der Waals surface area contributed by atoms with Crippen molar-refractivity contribution in [3.63, 3.8) is 0 Å². The number of rotatable bonds is 3. The van der Waals surface area contributed by atoms with Crippen molar-refractivity contribution in [2.45, 2.75) is 12.8 Å². The first kappa shape index (κ1) is 12.3. The number of hydrogen-bond acceptors (Lipinski definition) is 3. The normalized spacial score (nSPS) is 12.7. The molecular weight excluding hydrogens is 252 g/mol. The van der Waals surface area contributed by atoms with Gasteiger partial charge in [0.1, 0.15) is 0 Å². The molecule has 19 heavy (non-hydrogen) atoms.